The minimum absolute atomic E-state index is 1.03. The summed E-state index contributed by atoms with van der Waals surface area (Å²) >= 11 is 3.43. The van der Waals surface area contributed by atoms with Gasteiger partial charge in [0.1, 0.15) is 0 Å². The van der Waals surface area contributed by atoms with Crippen molar-refractivity contribution in [3.63, 3.8) is 0 Å². The lowest BCUT2D eigenvalue weighted by atomic mass is 10.2. The van der Waals surface area contributed by atoms with Crippen molar-refractivity contribution in [2.24, 2.45) is 0 Å². The Morgan fingerprint density at radius 3 is 3.00 bits per heavy atom. The topological polar surface area (TPSA) is 19.4 Å². The number of fused-ring (bicyclic) bond motifs is 1. The van der Waals surface area contributed by atoms with E-state index in [9.17, 15) is 0 Å². The lowest BCUT2D eigenvalue weighted by Gasteiger charge is -2.35. The zero-order valence-electron chi connectivity index (χ0n) is 7.79. The van der Waals surface area contributed by atoms with Crippen LogP contribution in [0, 0.1) is 0 Å². The largest absolute Gasteiger partial charge is 0.307 e. The van der Waals surface area contributed by atoms with Crippen LogP contribution in [0.4, 0.5) is 5.69 Å². The van der Waals surface area contributed by atoms with Crippen molar-refractivity contribution in [1.29, 1.82) is 0 Å². The molecule has 0 saturated carbocycles. The predicted molar refractivity (Wildman–Crippen MR) is 56.7 cm³/mol. The number of hydrogen-bond acceptors (Lipinski definition) is 3. The molecule has 2 heterocycles. The molecule has 0 aromatic carbocycles. The summed E-state index contributed by atoms with van der Waals surface area (Å²) in [4.78, 5) is 4.39. The van der Waals surface area contributed by atoms with E-state index in [1.165, 1.54) is 11.4 Å². The van der Waals surface area contributed by atoms with E-state index in [-0.39, 0.29) is 0 Å². The van der Waals surface area contributed by atoms with Gasteiger partial charge in [-0.05, 0) is 22.0 Å². The summed E-state index contributed by atoms with van der Waals surface area (Å²) in [6.07, 6.45) is 2.89. The molecule has 0 spiro atoms. The number of hydrazine groups is 1. The van der Waals surface area contributed by atoms with Crippen LogP contribution in [0.1, 0.15) is 5.69 Å². The second kappa shape index (κ2) is 3.27. The number of hydrogen-bond donors (Lipinski definition) is 0. The van der Waals surface area contributed by atoms with Crippen LogP contribution in [0.15, 0.2) is 16.7 Å². The fraction of sp³-hybridized carbons (Fsp3) is 0.444. The Balaban J connectivity index is 2.45. The molecule has 13 heavy (non-hydrogen) atoms. The van der Waals surface area contributed by atoms with Crippen molar-refractivity contribution in [2.75, 3.05) is 25.6 Å². The van der Waals surface area contributed by atoms with Crippen molar-refractivity contribution >= 4 is 21.6 Å². The molecule has 0 saturated heterocycles. The Hall–Kier alpha value is -0.610. The lowest BCUT2D eigenvalue weighted by molar-refractivity contribution is 0.311. The van der Waals surface area contributed by atoms with E-state index in [1.807, 2.05) is 6.20 Å². The summed E-state index contributed by atoms with van der Waals surface area (Å²) in [6.45, 7) is 1.04. The minimum atomic E-state index is 1.03. The van der Waals surface area contributed by atoms with E-state index in [4.69, 9.17) is 0 Å². The number of anilines is 1. The van der Waals surface area contributed by atoms with Gasteiger partial charge in [-0.1, -0.05) is 0 Å². The van der Waals surface area contributed by atoms with E-state index in [1.54, 1.807) is 0 Å². The predicted octanol–water partition coefficient (Wildman–Crippen LogP) is 1.68. The maximum Gasteiger partial charge on any atom is 0.0745 e. The molecular formula is C9H12BrN3. The molecule has 2 rings (SSSR count). The highest BCUT2D eigenvalue weighted by molar-refractivity contribution is 9.10. The van der Waals surface area contributed by atoms with E-state index in [0.717, 1.165) is 17.4 Å². The van der Waals surface area contributed by atoms with Crippen LogP contribution in [0.25, 0.3) is 0 Å². The number of nitrogens with zero attached hydrogens (tertiary/aromatic N) is 3. The van der Waals surface area contributed by atoms with Gasteiger partial charge in [-0.25, -0.2) is 5.01 Å². The van der Waals surface area contributed by atoms with Gasteiger partial charge in [0.2, 0.25) is 0 Å². The van der Waals surface area contributed by atoms with Crippen molar-refractivity contribution in [2.45, 2.75) is 6.42 Å². The molecular weight excluding hydrogens is 230 g/mol. The molecule has 0 aliphatic carbocycles. The van der Waals surface area contributed by atoms with Crippen LogP contribution in [0.2, 0.25) is 0 Å². The average molecular weight is 242 g/mol. The molecule has 0 atom stereocenters. The van der Waals surface area contributed by atoms with Crippen LogP contribution >= 0.6 is 15.9 Å². The Morgan fingerprint density at radius 1 is 1.46 bits per heavy atom. The van der Waals surface area contributed by atoms with Gasteiger partial charge < -0.3 is 5.01 Å². The van der Waals surface area contributed by atoms with Crippen molar-refractivity contribution in [3.8, 4) is 0 Å². The third kappa shape index (κ3) is 1.56. The van der Waals surface area contributed by atoms with Crippen LogP contribution in [-0.2, 0) is 6.42 Å². The average Bonchev–Trinajstić information content (AvgIpc) is 2.12. The molecule has 0 amide bonds. The van der Waals surface area contributed by atoms with Gasteiger partial charge in [-0.3, -0.25) is 4.98 Å². The van der Waals surface area contributed by atoms with E-state index < -0.39 is 0 Å². The molecule has 1 aliphatic heterocycles. The molecule has 1 aromatic rings. The molecule has 0 unspecified atom stereocenters. The molecule has 4 heteroatoms. The monoisotopic (exact) mass is 241 g/mol. The number of likely N-dealkylation sites (N-methyl/N-ethyl adjacent to an activating group) is 1. The van der Waals surface area contributed by atoms with Crippen LogP contribution in [0.5, 0.6) is 0 Å². The first-order valence-corrected chi connectivity index (χ1v) is 5.07. The van der Waals surface area contributed by atoms with Crippen molar-refractivity contribution < 1.29 is 0 Å². The van der Waals surface area contributed by atoms with Crippen molar-refractivity contribution in [1.82, 2.24) is 9.99 Å². The second-order valence-corrected chi connectivity index (χ2v) is 4.19. The molecule has 0 N–H and O–H groups in total. The first-order valence-electron chi connectivity index (χ1n) is 4.27. The highest BCUT2D eigenvalue weighted by Crippen LogP contribution is 2.26. The van der Waals surface area contributed by atoms with Crippen molar-refractivity contribution in [3.05, 3.63) is 22.4 Å². The highest BCUT2D eigenvalue weighted by Gasteiger charge is 2.18. The van der Waals surface area contributed by atoms with Crippen LogP contribution in [-0.4, -0.2) is 30.6 Å². The zero-order chi connectivity index (χ0) is 9.42. The second-order valence-electron chi connectivity index (χ2n) is 3.27. The quantitative estimate of drug-likeness (QED) is 0.690. The van der Waals surface area contributed by atoms with Gasteiger partial charge in [0.15, 0.2) is 0 Å². The molecule has 0 radical (unpaired) electrons. The van der Waals surface area contributed by atoms with Gasteiger partial charge in [0.05, 0.1) is 11.4 Å². The van der Waals surface area contributed by atoms with Gasteiger partial charge in [-0.15, -0.1) is 0 Å². The van der Waals surface area contributed by atoms with E-state index >= 15 is 0 Å². The number of aromatic nitrogens is 1. The lowest BCUT2D eigenvalue weighted by Crippen LogP contribution is -2.42. The Bertz CT molecular complexity index is 327. The molecule has 3 nitrogen and oxygen atoms in total. The van der Waals surface area contributed by atoms with Gasteiger partial charge in [-0.2, -0.15) is 0 Å². The maximum absolute atomic E-state index is 4.39. The van der Waals surface area contributed by atoms with Gasteiger partial charge in [0.25, 0.3) is 0 Å². The van der Waals surface area contributed by atoms with Crippen LogP contribution in [0.3, 0.4) is 0 Å². The Kier molecular flexibility index (Phi) is 2.26. The fourth-order valence-corrected chi connectivity index (χ4v) is 1.85. The summed E-state index contributed by atoms with van der Waals surface area (Å²) in [5, 5.41) is 4.33. The highest BCUT2D eigenvalue weighted by atomic mass is 79.9. The summed E-state index contributed by atoms with van der Waals surface area (Å²) in [5.74, 6) is 0. The summed E-state index contributed by atoms with van der Waals surface area (Å²) in [5.41, 5.74) is 2.38. The first kappa shape index (κ1) is 8.97. The fourth-order valence-electron chi connectivity index (χ4n) is 1.53. The number of rotatable bonds is 0. The maximum atomic E-state index is 4.39. The third-order valence-electron chi connectivity index (χ3n) is 2.45. The standard InChI is InChI=1S/C9H12BrN3/c1-12-4-3-8-9(13(12)2)5-7(10)6-11-8/h5-6H,3-4H2,1-2H3. The SMILES string of the molecule is CN1CCc2ncc(Br)cc2N1C. The molecule has 70 valence electrons. The van der Waals surface area contributed by atoms with Gasteiger partial charge >= 0.3 is 0 Å². The molecule has 0 fully saturated rings. The molecule has 1 aliphatic rings. The Labute approximate surface area is 86.5 Å². The summed E-state index contributed by atoms with van der Waals surface area (Å²) in [6, 6.07) is 2.11. The summed E-state index contributed by atoms with van der Waals surface area (Å²) in [7, 11) is 4.15. The molecule has 0 bridgehead atoms. The van der Waals surface area contributed by atoms with E-state index in [2.05, 4.69) is 51.1 Å². The number of pyridine rings is 1. The van der Waals surface area contributed by atoms with E-state index in [0.29, 0.717) is 0 Å². The van der Waals surface area contributed by atoms with Gasteiger partial charge in [0, 0.05) is 37.7 Å². The third-order valence-corrected chi connectivity index (χ3v) is 2.88. The minimum Gasteiger partial charge on any atom is -0.307 e. The zero-order valence-corrected chi connectivity index (χ0v) is 9.37. The first-order chi connectivity index (χ1) is 6.18. The normalized spacial score (nSPS) is 17.3. The molecule has 1 aromatic heterocycles. The Morgan fingerprint density at radius 2 is 2.23 bits per heavy atom. The summed E-state index contributed by atoms with van der Waals surface area (Å²) < 4.78 is 1.04. The number of halogens is 1. The van der Waals surface area contributed by atoms with Crippen LogP contribution < -0.4 is 5.01 Å². The smallest absolute Gasteiger partial charge is 0.0745 e.